The molecule has 0 nitrogen and oxygen atoms in total. The summed E-state index contributed by atoms with van der Waals surface area (Å²) in [5, 5.41) is 0. The molecule has 0 aromatic heterocycles. The number of hydrogen-bond acceptors (Lipinski definition) is 0. The number of allylic oxidation sites excluding steroid dienone is 8. The van der Waals surface area contributed by atoms with Crippen LogP contribution in [-0.4, -0.2) is 0 Å². The fraction of sp³-hybridized carbons (Fsp3) is 0.429. The Hall–Kier alpha value is 0.228. The van der Waals surface area contributed by atoms with Gasteiger partial charge >= 0.3 is 116 Å². The summed E-state index contributed by atoms with van der Waals surface area (Å²) >= 11 is -3.23. The van der Waals surface area contributed by atoms with Gasteiger partial charge in [-0.05, 0) is 0 Å². The summed E-state index contributed by atoms with van der Waals surface area (Å²) in [5.74, 6) is 0. The monoisotopic (exact) mass is 440 g/mol. The molecule has 0 heterocycles. The van der Waals surface area contributed by atoms with E-state index in [-0.39, 0.29) is 0 Å². The van der Waals surface area contributed by atoms with Crippen LogP contribution in [-0.2, 0) is 14.0 Å². The second-order valence-electron chi connectivity index (χ2n) is 4.29. The van der Waals surface area contributed by atoms with E-state index in [4.69, 9.17) is 18.8 Å². The van der Waals surface area contributed by atoms with Crippen molar-refractivity contribution < 1.29 is 14.0 Å². The zero-order valence-corrected chi connectivity index (χ0v) is 14.7. The van der Waals surface area contributed by atoms with Crippen molar-refractivity contribution in [2.75, 3.05) is 0 Å². The van der Waals surface area contributed by atoms with E-state index >= 15 is 0 Å². The molecular formula is C14H18Cl2W. The number of rotatable bonds is 4. The average Bonchev–Trinajstić information content (AvgIpc) is 2.97. The molecule has 3 heteroatoms. The molecule has 0 atom stereocenters. The van der Waals surface area contributed by atoms with Crippen LogP contribution in [0.1, 0.15) is 39.5 Å². The van der Waals surface area contributed by atoms with Crippen LogP contribution in [0.15, 0.2) is 43.4 Å². The molecule has 17 heavy (non-hydrogen) atoms. The molecule has 0 fully saturated rings. The third-order valence-electron chi connectivity index (χ3n) is 3.34. The van der Waals surface area contributed by atoms with Crippen molar-refractivity contribution in [3.05, 3.63) is 43.4 Å². The predicted molar refractivity (Wildman–Crippen MR) is 73.9 cm³/mol. The third kappa shape index (κ3) is 2.50. The van der Waals surface area contributed by atoms with Gasteiger partial charge in [-0.1, -0.05) is 0 Å². The summed E-state index contributed by atoms with van der Waals surface area (Å²) < 4.78 is 2.76. The SMILES string of the molecule is CCC1=[C]([W]([Cl])([Cl])[C]2=C(CC)C=CC2)CC=C1. The number of hydrogen-bond donors (Lipinski definition) is 0. The molecule has 0 saturated carbocycles. The molecule has 94 valence electrons. The first-order chi connectivity index (χ1) is 8.11. The summed E-state index contributed by atoms with van der Waals surface area (Å²) in [6.45, 7) is 4.37. The van der Waals surface area contributed by atoms with Gasteiger partial charge in [-0.15, -0.1) is 0 Å². The van der Waals surface area contributed by atoms with Crippen LogP contribution in [0.3, 0.4) is 0 Å². The summed E-state index contributed by atoms with van der Waals surface area (Å²) in [7, 11) is 13.7. The zero-order valence-electron chi connectivity index (χ0n) is 10.3. The summed E-state index contributed by atoms with van der Waals surface area (Å²) in [6.07, 6.45) is 12.9. The Bertz CT molecular complexity index is 399. The van der Waals surface area contributed by atoms with Crippen LogP contribution in [0.2, 0.25) is 0 Å². The fourth-order valence-corrected chi connectivity index (χ4v) is 14.8. The molecule has 0 N–H and O–H groups in total. The van der Waals surface area contributed by atoms with Crippen LogP contribution < -0.4 is 0 Å². The molecule has 0 radical (unpaired) electrons. The Kier molecular flexibility index (Phi) is 4.39. The van der Waals surface area contributed by atoms with Gasteiger partial charge in [0.2, 0.25) is 0 Å². The first-order valence-electron chi connectivity index (χ1n) is 6.11. The van der Waals surface area contributed by atoms with Crippen molar-refractivity contribution in [3.8, 4) is 0 Å². The molecule has 0 bridgehead atoms. The van der Waals surface area contributed by atoms with Crippen molar-refractivity contribution in [1.29, 1.82) is 0 Å². The van der Waals surface area contributed by atoms with Crippen LogP contribution in [0.4, 0.5) is 0 Å². The van der Waals surface area contributed by atoms with Crippen molar-refractivity contribution in [2.45, 2.75) is 39.5 Å². The molecule has 2 aliphatic rings. The van der Waals surface area contributed by atoms with Crippen molar-refractivity contribution >= 4 is 18.8 Å². The Labute approximate surface area is 115 Å². The minimum absolute atomic E-state index is 0.978. The van der Waals surface area contributed by atoms with E-state index in [0.29, 0.717) is 0 Å². The van der Waals surface area contributed by atoms with Gasteiger partial charge < -0.3 is 0 Å². The van der Waals surface area contributed by atoms with Crippen molar-refractivity contribution in [3.63, 3.8) is 0 Å². The molecule has 2 rings (SSSR count). The molecule has 0 aliphatic heterocycles. The van der Waals surface area contributed by atoms with E-state index < -0.39 is 14.0 Å². The Balaban J connectivity index is 2.38. The van der Waals surface area contributed by atoms with Gasteiger partial charge in [0.25, 0.3) is 0 Å². The zero-order chi connectivity index (χ0) is 12.5. The molecule has 0 saturated heterocycles. The summed E-state index contributed by atoms with van der Waals surface area (Å²) in [5.41, 5.74) is 2.78. The van der Waals surface area contributed by atoms with Gasteiger partial charge in [0.15, 0.2) is 0 Å². The maximum atomic E-state index is 6.87. The van der Waals surface area contributed by atoms with Gasteiger partial charge in [0, 0.05) is 0 Å². The molecule has 0 amide bonds. The molecule has 0 aromatic rings. The topological polar surface area (TPSA) is 0 Å². The number of halogens is 2. The van der Waals surface area contributed by atoms with Crippen molar-refractivity contribution in [2.24, 2.45) is 0 Å². The fourth-order valence-electron chi connectivity index (χ4n) is 2.38. The first-order valence-corrected chi connectivity index (χ1v) is 16.3. The van der Waals surface area contributed by atoms with Gasteiger partial charge in [-0.2, -0.15) is 0 Å². The predicted octanol–water partition coefficient (Wildman–Crippen LogP) is 5.70. The molecule has 0 spiro atoms. The Morgan fingerprint density at radius 3 is 1.71 bits per heavy atom. The average molecular weight is 441 g/mol. The van der Waals surface area contributed by atoms with Crippen molar-refractivity contribution in [1.82, 2.24) is 0 Å². The molecular weight excluding hydrogens is 423 g/mol. The van der Waals surface area contributed by atoms with Crippen LogP contribution in [0, 0.1) is 0 Å². The van der Waals surface area contributed by atoms with E-state index in [2.05, 4.69) is 38.2 Å². The van der Waals surface area contributed by atoms with Gasteiger partial charge in [-0.3, -0.25) is 0 Å². The summed E-state index contributed by atoms with van der Waals surface area (Å²) in [4.78, 5) is 0. The van der Waals surface area contributed by atoms with Gasteiger partial charge in [-0.25, -0.2) is 0 Å². The Morgan fingerprint density at radius 2 is 1.35 bits per heavy atom. The van der Waals surface area contributed by atoms with Gasteiger partial charge in [0.1, 0.15) is 0 Å². The van der Waals surface area contributed by atoms with Crippen LogP contribution in [0.5, 0.6) is 0 Å². The van der Waals surface area contributed by atoms with Crippen LogP contribution in [0.25, 0.3) is 0 Å². The molecule has 0 aromatic carbocycles. The normalized spacial score (nSPS) is 20.9. The van der Waals surface area contributed by atoms with E-state index in [1.807, 2.05) is 0 Å². The first kappa shape index (κ1) is 13.7. The van der Waals surface area contributed by atoms with E-state index in [1.54, 1.807) is 0 Å². The second-order valence-corrected chi connectivity index (χ2v) is 20.1. The minimum atomic E-state index is -3.23. The standard InChI is InChI=1S/2C7H9.2ClH.W/c2*1-2-7-5-3-4-6-7;;;/h2*3,5H,2,4H2,1H3;2*1H;/q;;;;+2/p-2. The molecule has 0 unspecified atom stereocenters. The van der Waals surface area contributed by atoms with Gasteiger partial charge in [0.05, 0.1) is 0 Å². The quantitative estimate of drug-likeness (QED) is 0.526. The Morgan fingerprint density at radius 1 is 0.941 bits per heavy atom. The third-order valence-corrected chi connectivity index (χ3v) is 17.0. The summed E-state index contributed by atoms with van der Waals surface area (Å²) in [6, 6.07) is 0. The maximum absolute atomic E-state index is 6.87. The van der Waals surface area contributed by atoms with E-state index in [9.17, 15) is 0 Å². The van der Waals surface area contributed by atoms with E-state index in [1.165, 1.54) is 19.1 Å². The molecule has 2 aliphatic carbocycles. The van der Waals surface area contributed by atoms with Crippen LogP contribution >= 0.6 is 18.8 Å². The second kappa shape index (κ2) is 5.47. The van der Waals surface area contributed by atoms with E-state index in [0.717, 1.165) is 25.7 Å².